The lowest BCUT2D eigenvalue weighted by molar-refractivity contribution is -0.119. The molecular formula is C18H19ClN2O4S. The molecule has 1 amide bonds. The number of fused-ring (bicyclic) bond motifs is 1. The largest absolute Gasteiger partial charge is 0.483 e. The summed E-state index contributed by atoms with van der Waals surface area (Å²) in [7, 11) is -3.88. The molecule has 0 aromatic heterocycles. The molecule has 0 saturated carbocycles. The monoisotopic (exact) mass is 394 g/mol. The lowest BCUT2D eigenvalue weighted by Crippen LogP contribution is -2.35. The Kier molecular flexibility index (Phi) is 5.11. The van der Waals surface area contributed by atoms with Crippen molar-refractivity contribution in [3.8, 4) is 5.75 Å². The predicted molar refractivity (Wildman–Crippen MR) is 100 cm³/mol. The number of nitrogens with zero attached hydrogens (tertiary/aromatic N) is 1. The Morgan fingerprint density at radius 3 is 2.77 bits per heavy atom. The zero-order chi connectivity index (χ0) is 18.9. The highest BCUT2D eigenvalue weighted by Crippen LogP contribution is 2.36. The number of hydrogen-bond acceptors (Lipinski definition) is 4. The van der Waals surface area contributed by atoms with E-state index in [0.717, 1.165) is 18.4 Å². The van der Waals surface area contributed by atoms with E-state index in [4.69, 9.17) is 22.1 Å². The van der Waals surface area contributed by atoms with Crippen molar-refractivity contribution in [3.05, 3.63) is 52.5 Å². The van der Waals surface area contributed by atoms with Crippen LogP contribution < -0.4 is 14.8 Å². The molecule has 0 fully saturated rings. The molecule has 1 aliphatic heterocycles. The van der Waals surface area contributed by atoms with Gasteiger partial charge in [0.1, 0.15) is 10.6 Å². The van der Waals surface area contributed by atoms with E-state index in [0.29, 0.717) is 17.8 Å². The van der Waals surface area contributed by atoms with Crippen LogP contribution >= 0.6 is 11.6 Å². The molecule has 0 atom stereocenters. The molecule has 0 saturated heterocycles. The summed E-state index contributed by atoms with van der Waals surface area (Å²) < 4.78 is 33.2. The van der Waals surface area contributed by atoms with Crippen molar-refractivity contribution in [3.63, 3.8) is 0 Å². The number of carbonyl (C=O) groups excluding carboxylic acids is 1. The number of para-hydroxylation sites is 1. The highest BCUT2D eigenvalue weighted by atomic mass is 35.5. The van der Waals surface area contributed by atoms with Crippen molar-refractivity contribution in [1.29, 1.82) is 0 Å². The van der Waals surface area contributed by atoms with Gasteiger partial charge in [-0.3, -0.25) is 9.10 Å². The number of sulfonamides is 1. The second-order valence-corrected chi connectivity index (χ2v) is 8.35. The predicted octanol–water partition coefficient (Wildman–Crippen LogP) is 2.65. The van der Waals surface area contributed by atoms with E-state index < -0.39 is 15.9 Å². The summed E-state index contributed by atoms with van der Waals surface area (Å²) in [6.07, 6.45) is 1.56. The third kappa shape index (κ3) is 3.50. The number of hydrogen-bond donors (Lipinski definition) is 1. The minimum Gasteiger partial charge on any atom is -0.483 e. The van der Waals surface area contributed by atoms with Crippen LogP contribution in [-0.2, 0) is 21.2 Å². The SMILES string of the molecule is Cc1cc(Cl)c(S(=O)(=O)N2CCCc3ccccc32)cc1OCC(N)=O. The van der Waals surface area contributed by atoms with Crippen molar-refractivity contribution in [2.24, 2.45) is 5.73 Å². The minimum atomic E-state index is -3.88. The van der Waals surface area contributed by atoms with Gasteiger partial charge in [-0.2, -0.15) is 0 Å². The average Bonchev–Trinajstić information content (AvgIpc) is 2.60. The Bertz CT molecular complexity index is 960. The topological polar surface area (TPSA) is 89.7 Å². The summed E-state index contributed by atoms with van der Waals surface area (Å²) in [4.78, 5) is 10.9. The number of amides is 1. The van der Waals surface area contributed by atoms with Gasteiger partial charge in [-0.05, 0) is 43.0 Å². The number of carbonyl (C=O) groups is 1. The quantitative estimate of drug-likeness (QED) is 0.844. The number of rotatable bonds is 5. The Labute approximate surface area is 157 Å². The Morgan fingerprint density at radius 2 is 2.04 bits per heavy atom. The van der Waals surface area contributed by atoms with Gasteiger partial charge in [0.05, 0.1) is 10.7 Å². The molecule has 0 radical (unpaired) electrons. The number of primary amides is 1. The summed E-state index contributed by atoms with van der Waals surface area (Å²) >= 11 is 6.24. The first-order valence-electron chi connectivity index (χ1n) is 8.12. The Balaban J connectivity index is 2.05. The van der Waals surface area contributed by atoms with Gasteiger partial charge in [0, 0.05) is 12.6 Å². The Hall–Kier alpha value is -2.25. The van der Waals surface area contributed by atoms with Gasteiger partial charge >= 0.3 is 0 Å². The smallest absolute Gasteiger partial charge is 0.265 e. The van der Waals surface area contributed by atoms with E-state index in [1.807, 2.05) is 18.2 Å². The molecule has 26 heavy (non-hydrogen) atoms. The minimum absolute atomic E-state index is 0.0547. The van der Waals surface area contributed by atoms with E-state index in [9.17, 15) is 13.2 Å². The van der Waals surface area contributed by atoms with Crippen molar-refractivity contribution >= 4 is 33.2 Å². The maximum Gasteiger partial charge on any atom is 0.265 e. The molecule has 0 spiro atoms. The summed E-state index contributed by atoms with van der Waals surface area (Å²) in [5.74, 6) is -0.384. The fourth-order valence-electron chi connectivity index (χ4n) is 3.00. The van der Waals surface area contributed by atoms with Crippen LogP contribution in [0.25, 0.3) is 0 Å². The molecule has 1 aliphatic rings. The van der Waals surface area contributed by atoms with Gasteiger partial charge in [0.2, 0.25) is 0 Å². The molecule has 0 unspecified atom stereocenters. The van der Waals surface area contributed by atoms with Crippen LogP contribution in [0.3, 0.4) is 0 Å². The van der Waals surface area contributed by atoms with Crippen molar-refractivity contribution < 1.29 is 17.9 Å². The second-order valence-electron chi connectivity index (χ2n) is 6.11. The van der Waals surface area contributed by atoms with Gasteiger partial charge in [-0.1, -0.05) is 29.8 Å². The molecule has 0 bridgehead atoms. The third-order valence-corrected chi connectivity index (χ3v) is 6.51. The fraction of sp³-hybridized carbons (Fsp3) is 0.278. The van der Waals surface area contributed by atoms with Crippen molar-refractivity contribution in [2.75, 3.05) is 17.5 Å². The highest BCUT2D eigenvalue weighted by molar-refractivity contribution is 7.93. The van der Waals surface area contributed by atoms with Crippen LogP contribution in [-0.4, -0.2) is 27.5 Å². The molecule has 3 rings (SSSR count). The van der Waals surface area contributed by atoms with Crippen LogP contribution in [0.4, 0.5) is 5.69 Å². The molecule has 2 aromatic carbocycles. The van der Waals surface area contributed by atoms with E-state index in [-0.39, 0.29) is 22.3 Å². The molecule has 6 nitrogen and oxygen atoms in total. The normalized spacial score (nSPS) is 14.0. The number of anilines is 1. The zero-order valence-electron chi connectivity index (χ0n) is 14.2. The van der Waals surface area contributed by atoms with E-state index in [2.05, 4.69) is 0 Å². The van der Waals surface area contributed by atoms with Crippen LogP contribution in [0.2, 0.25) is 5.02 Å². The second kappa shape index (κ2) is 7.17. The first kappa shape index (κ1) is 18.5. The molecule has 138 valence electrons. The van der Waals surface area contributed by atoms with Crippen LogP contribution in [0, 0.1) is 6.92 Å². The number of nitrogens with two attached hydrogens (primary N) is 1. The lowest BCUT2D eigenvalue weighted by atomic mass is 10.0. The van der Waals surface area contributed by atoms with Gasteiger partial charge in [-0.25, -0.2) is 8.42 Å². The summed E-state index contributed by atoms with van der Waals surface area (Å²) in [5, 5.41) is 0.108. The van der Waals surface area contributed by atoms with Crippen molar-refractivity contribution in [2.45, 2.75) is 24.7 Å². The third-order valence-electron chi connectivity index (χ3n) is 4.24. The fourth-order valence-corrected chi connectivity index (χ4v) is 5.12. The first-order chi connectivity index (χ1) is 12.3. The van der Waals surface area contributed by atoms with Gasteiger partial charge in [0.25, 0.3) is 15.9 Å². The van der Waals surface area contributed by atoms with Crippen LogP contribution in [0.15, 0.2) is 41.3 Å². The number of halogens is 1. The van der Waals surface area contributed by atoms with Gasteiger partial charge in [-0.15, -0.1) is 0 Å². The number of ether oxygens (including phenoxy) is 1. The average molecular weight is 395 g/mol. The summed E-state index contributed by atoms with van der Waals surface area (Å²) in [6, 6.07) is 10.3. The van der Waals surface area contributed by atoms with Gasteiger partial charge < -0.3 is 10.5 Å². The van der Waals surface area contributed by atoms with Crippen LogP contribution in [0.5, 0.6) is 5.75 Å². The zero-order valence-corrected chi connectivity index (χ0v) is 15.8. The molecule has 2 N–H and O–H groups in total. The highest BCUT2D eigenvalue weighted by Gasteiger charge is 2.31. The van der Waals surface area contributed by atoms with E-state index in [1.165, 1.54) is 16.4 Å². The first-order valence-corrected chi connectivity index (χ1v) is 9.94. The number of aryl methyl sites for hydroxylation is 2. The molecule has 2 aromatic rings. The van der Waals surface area contributed by atoms with E-state index >= 15 is 0 Å². The standard InChI is InChI=1S/C18H19ClN2O4S/c1-12-9-14(19)17(10-16(12)25-11-18(20)22)26(23,24)21-8-4-6-13-5-2-3-7-15(13)21/h2-3,5,7,9-10H,4,6,8,11H2,1H3,(H2,20,22). The lowest BCUT2D eigenvalue weighted by Gasteiger charge is -2.30. The van der Waals surface area contributed by atoms with Crippen molar-refractivity contribution in [1.82, 2.24) is 0 Å². The maximum absolute atomic E-state index is 13.3. The molecule has 0 aliphatic carbocycles. The summed E-state index contributed by atoms with van der Waals surface area (Å²) in [6.45, 7) is 1.75. The molecular weight excluding hydrogens is 376 g/mol. The van der Waals surface area contributed by atoms with E-state index in [1.54, 1.807) is 13.0 Å². The molecule has 8 heteroatoms. The van der Waals surface area contributed by atoms with Gasteiger partial charge in [0.15, 0.2) is 6.61 Å². The maximum atomic E-state index is 13.3. The number of benzene rings is 2. The molecule has 1 heterocycles. The Morgan fingerprint density at radius 1 is 1.31 bits per heavy atom. The van der Waals surface area contributed by atoms with Crippen LogP contribution in [0.1, 0.15) is 17.5 Å². The summed E-state index contributed by atoms with van der Waals surface area (Å²) in [5.41, 5.74) is 7.36.